The molecule has 136 valence electrons. The van der Waals surface area contributed by atoms with E-state index in [1.807, 2.05) is 4.90 Å². The Kier molecular flexibility index (Phi) is 5.67. The summed E-state index contributed by atoms with van der Waals surface area (Å²) in [5, 5.41) is 3.42. The maximum Gasteiger partial charge on any atom is 0.224 e. The molecule has 24 heavy (non-hydrogen) atoms. The van der Waals surface area contributed by atoms with E-state index in [0.717, 1.165) is 45.1 Å². The molecule has 2 aliphatic heterocycles. The molecule has 0 aromatic heterocycles. The highest BCUT2D eigenvalue weighted by Gasteiger charge is 2.43. The molecule has 1 aliphatic carbocycles. The molecule has 0 aromatic carbocycles. The van der Waals surface area contributed by atoms with E-state index in [2.05, 4.69) is 24.1 Å². The van der Waals surface area contributed by atoms with E-state index >= 15 is 0 Å². The van der Waals surface area contributed by atoms with Gasteiger partial charge in [-0.1, -0.05) is 13.3 Å². The Morgan fingerprint density at radius 3 is 2.67 bits per heavy atom. The lowest BCUT2D eigenvalue weighted by molar-refractivity contribution is -0.132. The molecule has 0 bridgehead atoms. The van der Waals surface area contributed by atoms with Crippen LogP contribution in [0.3, 0.4) is 0 Å². The molecule has 2 heterocycles. The number of carbonyl (C=O) groups is 1. The predicted molar refractivity (Wildman–Crippen MR) is 98.0 cm³/mol. The predicted octanol–water partition coefficient (Wildman–Crippen LogP) is 2.48. The van der Waals surface area contributed by atoms with Gasteiger partial charge in [-0.25, -0.2) is 0 Å². The van der Waals surface area contributed by atoms with Crippen molar-refractivity contribution in [2.45, 2.75) is 58.8 Å². The molecule has 1 spiro atoms. The van der Waals surface area contributed by atoms with Gasteiger partial charge in [0, 0.05) is 39.1 Å². The van der Waals surface area contributed by atoms with Crippen molar-refractivity contribution in [2.24, 2.45) is 16.3 Å². The molecule has 3 fully saturated rings. The van der Waals surface area contributed by atoms with Gasteiger partial charge in [0.2, 0.25) is 5.91 Å². The van der Waals surface area contributed by atoms with Crippen LogP contribution in [-0.2, 0) is 4.79 Å². The fourth-order valence-electron chi connectivity index (χ4n) is 4.46. The highest BCUT2D eigenvalue weighted by molar-refractivity contribution is 5.81. The average Bonchev–Trinajstić information content (AvgIpc) is 3.00. The molecular weight excluding hydrogens is 300 g/mol. The molecule has 3 rings (SSSR count). The number of nitrogens with zero attached hydrogens (tertiary/aromatic N) is 3. The fraction of sp³-hybridized carbons (Fsp3) is 0.895. The van der Waals surface area contributed by atoms with Crippen LogP contribution < -0.4 is 5.32 Å². The van der Waals surface area contributed by atoms with Gasteiger partial charge in [-0.2, -0.15) is 0 Å². The third-order valence-electron chi connectivity index (χ3n) is 6.08. The lowest BCUT2D eigenvalue weighted by atomic mass is 9.68. The molecule has 5 heteroatoms. The molecule has 0 aromatic rings. The van der Waals surface area contributed by atoms with Gasteiger partial charge in [0.15, 0.2) is 5.96 Å². The quantitative estimate of drug-likeness (QED) is 0.635. The van der Waals surface area contributed by atoms with E-state index in [-0.39, 0.29) is 5.91 Å². The van der Waals surface area contributed by atoms with E-state index in [9.17, 15) is 4.79 Å². The molecule has 1 amide bonds. The van der Waals surface area contributed by atoms with Crippen molar-refractivity contribution in [3.63, 3.8) is 0 Å². The Balaban J connectivity index is 1.49. The second-order valence-corrected chi connectivity index (χ2v) is 8.10. The highest BCUT2D eigenvalue weighted by atomic mass is 16.2. The van der Waals surface area contributed by atoms with Gasteiger partial charge < -0.3 is 15.1 Å². The number of likely N-dealkylation sites (tertiary alicyclic amines) is 2. The van der Waals surface area contributed by atoms with E-state index in [0.29, 0.717) is 24.3 Å². The van der Waals surface area contributed by atoms with Gasteiger partial charge in [0.05, 0.1) is 6.54 Å². The number of piperidine rings is 1. The van der Waals surface area contributed by atoms with Crippen molar-refractivity contribution in [3.8, 4) is 0 Å². The summed E-state index contributed by atoms with van der Waals surface area (Å²) in [5.74, 6) is 1.94. The van der Waals surface area contributed by atoms with E-state index < -0.39 is 0 Å². The number of carbonyl (C=O) groups excluding carboxylic acids is 1. The third kappa shape index (κ3) is 4.04. The van der Waals surface area contributed by atoms with Gasteiger partial charge in [-0.3, -0.25) is 9.79 Å². The summed E-state index contributed by atoms with van der Waals surface area (Å²) in [6.07, 6.45) is 8.41. The van der Waals surface area contributed by atoms with Crippen LogP contribution in [0.25, 0.3) is 0 Å². The van der Waals surface area contributed by atoms with Crippen molar-refractivity contribution in [1.29, 1.82) is 0 Å². The Morgan fingerprint density at radius 1 is 1.21 bits per heavy atom. The van der Waals surface area contributed by atoms with Gasteiger partial charge in [-0.05, 0) is 50.4 Å². The first-order valence-electron chi connectivity index (χ1n) is 9.93. The van der Waals surface area contributed by atoms with Gasteiger partial charge in [0.1, 0.15) is 0 Å². The van der Waals surface area contributed by atoms with Crippen LogP contribution >= 0.6 is 0 Å². The van der Waals surface area contributed by atoms with Crippen LogP contribution in [-0.4, -0.2) is 60.9 Å². The molecule has 5 nitrogen and oxygen atoms in total. The first kappa shape index (κ1) is 17.6. The average molecular weight is 335 g/mol. The van der Waals surface area contributed by atoms with Crippen LogP contribution in [0.1, 0.15) is 58.8 Å². The summed E-state index contributed by atoms with van der Waals surface area (Å²) < 4.78 is 0. The Morgan fingerprint density at radius 2 is 2.04 bits per heavy atom. The van der Waals surface area contributed by atoms with Crippen molar-refractivity contribution in [2.75, 3.05) is 39.3 Å². The Labute approximate surface area is 146 Å². The van der Waals surface area contributed by atoms with Gasteiger partial charge >= 0.3 is 0 Å². The monoisotopic (exact) mass is 334 g/mol. The van der Waals surface area contributed by atoms with Gasteiger partial charge in [-0.15, -0.1) is 0 Å². The van der Waals surface area contributed by atoms with E-state index in [1.54, 1.807) is 0 Å². The number of guanidine groups is 1. The summed E-state index contributed by atoms with van der Waals surface area (Å²) in [7, 11) is 0. The molecule has 1 atom stereocenters. The minimum Gasteiger partial charge on any atom is -0.357 e. The number of nitrogens with one attached hydrogen (secondary N) is 1. The third-order valence-corrected chi connectivity index (χ3v) is 6.08. The summed E-state index contributed by atoms with van der Waals surface area (Å²) in [6.45, 7) is 9.98. The van der Waals surface area contributed by atoms with E-state index in [4.69, 9.17) is 4.99 Å². The second-order valence-electron chi connectivity index (χ2n) is 8.10. The Hall–Kier alpha value is -1.26. The standard InChI is InChI=1S/C19H34N4O/c1-3-20-18(23-13-10-19(15-23)8-5-9-19)21-11-7-17(24)22-12-4-6-16(2)14-22/h16H,3-15H2,1-2H3,(H,20,21). The maximum atomic E-state index is 12.4. The summed E-state index contributed by atoms with van der Waals surface area (Å²) in [4.78, 5) is 21.6. The molecular formula is C19H34N4O. The van der Waals surface area contributed by atoms with Crippen LogP contribution in [0.2, 0.25) is 0 Å². The topological polar surface area (TPSA) is 47.9 Å². The normalized spacial score (nSPS) is 26.6. The summed E-state index contributed by atoms with van der Waals surface area (Å²) >= 11 is 0. The lowest BCUT2D eigenvalue weighted by Gasteiger charge is -2.38. The van der Waals surface area contributed by atoms with Crippen molar-refractivity contribution < 1.29 is 4.79 Å². The maximum absolute atomic E-state index is 12.4. The van der Waals surface area contributed by atoms with Crippen molar-refractivity contribution in [3.05, 3.63) is 0 Å². The van der Waals surface area contributed by atoms with Gasteiger partial charge in [0.25, 0.3) is 0 Å². The first-order valence-corrected chi connectivity index (χ1v) is 9.93. The van der Waals surface area contributed by atoms with Crippen molar-refractivity contribution >= 4 is 11.9 Å². The largest absolute Gasteiger partial charge is 0.357 e. The zero-order chi connectivity index (χ0) is 17.0. The molecule has 1 saturated carbocycles. The van der Waals surface area contributed by atoms with Crippen LogP contribution in [0.5, 0.6) is 0 Å². The number of hydrogen-bond donors (Lipinski definition) is 1. The van der Waals surface area contributed by atoms with Crippen molar-refractivity contribution in [1.82, 2.24) is 15.1 Å². The molecule has 0 radical (unpaired) electrons. The zero-order valence-electron chi connectivity index (χ0n) is 15.5. The molecule has 1 unspecified atom stereocenters. The molecule has 1 N–H and O–H groups in total. The van der Waals surface area contributed by atoms with Crippen LogP contribution in [0, 0.1) is 11.3 Å². The zero-order valence-corrected chi connectivity index (χ0v) is 15.5. The van der Waals surface area contributed by atoms with Crippen LogP contribution in [0.15, 0.2) is 4.99 Å². The minimum absolute atomic E-state index is 0.276. The molecule has 2 saturated heterocycles. The second kappa shape index (κ2) is 7.75. The number of amides is 1. The highest BCUT2D eigenvalue weighted by Crippen LogP contribution is 2.47. The summed E-state index contributed by atoms with van der Waals surface area (Å²) in [6, 6.07) is 0. The Bertz CT molecular complexity index is 472. The molecule has 3 aliphatic rings. The van der Waals surface area contributed by atoms with E-state index in [1.165, 1.54) is 32.1 Å². The number of aliphatic imine (C=N–C) groups is 1. The first-order chi connectivity index (χ1) is 11.6. The minimum atomic E-state index is 0.276. The number of rotatable bonds is 4. The van der Waals surface area contributed by atoms with Crippen LogP contribution in [0.4, 0.5) is 0 Å². The number of hydrogen-bond acceptors (Lipinski definition) is 2. The lowest BCUT2D eigenvalue weighted by Crippen LogP contribution is -2.43. The summed E-state index contributed by atoms with van der Waals surface area (Å²) in [5.41, 5.74) is 0.579. The fourth-order valence-corrected chi connectivity index (χ4v) is 4.46. The smallest absolute Gasteiger partial charge is 0.224 e. The SMILES string of the molecule is CCNC(=NCCC(=O)N1CCCC(C)C1)N1CCC2(CCC2)C1.